The van der Waals surface area contributed by atoms with Gasteiger partial charge in [0, 0.05) is 36.2 Å². The Labute approximate surface area is 161 Å². The van der Waals surface area contributed by atoms with Crippen LogP contribution in [0, 0.1) is 5.82 Å². The van der Waals surface area contributed by atoms with Crippen LogP contribution in [0.4, 0.5) is 4.39 Å². The van der Waals surface area contributed by atoms with Crippen molar-refractivity contribution >= 4 is 35.0 Å². The van der Waals surface area contributed by atoms with Gasteiger partial charge in [-0.25, -0.2) is 4.39 Å². The molecule has 2 amide bonds. The van der Waals surface area contributed by atoms with Crippen LogP contribution in [0.3, 0.4) is 0 Å². The lowest BCUT2D eigenvalue weighted by Gasteiger charge is -2.35. The van der Waals surface area contributed by atoms with Crippen molar-refractivity contribution in [1.82, 2.24) is 9.80 Å². The van der Waals surface area contributed by atoms with Crippen LogP contribution in [0.1, 0.15) is 15.9 Å². The molecule has 4 nitrogen and oxygen atoms in total. The van der Waals surface area contributed by atoms with Crippen LogP contribution in [0.15, 0.2) is 42.5 Å². The van der Waals surface area contributed by atoms with E-state index in [0.717, 1.165) is 5.56 Å². The number of nitrogens with zero attached hydrogens (tertiary/aromatic N) is 2. The average molecular weight is 395 g/mol. The van der Waals surface area contributed by atoms with Gasteiger partial charge in [-0.1, -0.05) is 41.4 Å². The molecule has 3 rings (SSSR count). The molecule has 0 atom stereocenters. The van der Waals surface area contributed by atoms with E-state index in [-0.39, 0.29) is 17.9 Å². The van der Waals surface area contributed by atoms with Crippen molar-refractivity contribution in [3.05, 3.63) is 69.5 Å². The second-order valence-electron chi connectivity index (χ2n) is 6.07. The van der Waals surface area contributed by atoms with Crippen LogP contribution < -0.4 is 0 Å². The molecule has 26 heavy (non-hydrogen) atoms. The number of rotatable bonds is 3. The Balaban J connectivity index is 1.60. The topological polar surface area (TPSA) is 40.6 Å². The predicted octanol–water partition coefficient (Wildman–Crippen LogP) is 3.66. The molecule has 0 radical (unpaired) electrons. The van der Waals surface area contributed by atoms with Crippen LogP contribution >= 0.6 is 23.2 Å². The zero-order valence-corrected chi connectivity index (χ0v) is 15.4. The third-order valence-corrected chi connectivity index (χ3v) is 4.98. The summed E-state index contributed by atoms with van der Waals surface area (Å²) in [4.78, 5) is 28.2. The third-order valence-electron chi connectivity index (χ3n) is 4.38. The minimum absolute atomic E-state index is 0.0425. The fourth-order valence-corrected chi connectivity index (χ4v) is 3.28. The molecular formula is C19H17Cl2FN2O2. The van der Waals surface area contributed by atoms with Gasteiger partial charge in [0.05, 0.1) is 12.0 Å². The van der Waals surface area contributed by atoms with E-state index in [1.807, 2.05) is 18.2 Å². The van der Waals surface area contributed by atoms with Crippen molar-refractivity contribution < 1.29 is 14.0 Å². The van der Waals surface area contributed by atoms with Crippen molar-refractivity contribution in [3.63, 3.8) is 0 Å². The largest absolute Gasteiger partial charge is 0.339 e. The van der Waals surface area contributed by atoms with Gasteiger partial charge < -0.3 is 9.80 Å². The number of benzene rings is 2. The molecule has 0 aliphatic carbocycles. The minimum Gasteiger partial charge on any atom is -0.339 e. The summed E-state index contributed by atoms with van der Waals surface area (Å²) >= 11 is 12.0. The first kappa shape index (κ1) is 18.7. The molecule has 1 saturated heterocycles. The minimum atomic E-state index is -0.600. The highest BCUT2D eigenvalue weighted by Crippen LogP contribution is 2.19. The molecule has 2 aromatic rings. The van der Waals surface area contributed by atoms with E-state index < -0.39 is 11.7 Å². The first-order chi connectivity index (χ1) is 12.5. The van der Waals surface area contributed by atoms with Crippen LogP contribution in [-0.4, -0.2) is 47.8 Å². The smallest absolute Gasteiger partial charge is 0.257 e. The van der Waals surface area contributed by atoms with Crippen molar-refractivity contribution in [2.24, 2.45) is 0 Å². The zero-order valence-electron chi connectivity index (χ0n) is 13.9. The summed E-state index contributed by atoms with van der Waals surface area (Å²) in [6.07, 6.45) is 0.219. The van der Waals surface area contributed by atoms with Crippen LogP contribution in [0.5, 0.6) is 0 Å². The summed E-state index contributed by atoms with van der Waals surface area (Å²) < 4.78 is 13.9. The van der Waals surface area contributed by atoms with Crippen molar-refractivity contribution in [1.29, 1.82) is 0 Å². The number of amides is 2. The van der Waals surface area contributed by atoms with E-state index in [9.17, 15) is 14.0 Å². The Morgan fingerprint density at radius 1 is 0.962 bits per heavy atom. The molecule has 0 N–H and O–H groups in total. The summed E-state index contributed by atoms with van der Waals surface area (Å²) in [5.41, 5.74) is 0.729. The van der Waals surface area contributed by atoms with Crippen LogP contribution in [0.25, 0.3) is 0 Å². The lowest BCUT2D eigenvalue weighted by atomic mass is 10.1. The monoisotopic (exact) mass is 394 g/mol. The molecule has 1 fully saturated rings. The molecule has 0 unspecified atom stereocenters. The maximum absolute atomic E-state index is 13.9. The quantitative estimate of drug-likeness (QED) is 0.796. The molecule has 1 heterocycles. The molecule has 0 aromatic heterocycles. The first-order valence-electron chi connectivity index (χ1n) is 8.21. The normalized spacial score (nSPS) is 14.4. The van der Waals surface area contributed by atoms with E-state index in [2.05, 4.69) is 0 Å². The Kier molecular flexibility index (Phi) is 5.79. The third kappa shape index (κ3) is 4.17. The predicted molar refractivity (Wildman–Crippen MR) is 99.0 cm³/mol. The molecular weight excluding hydrogens is 378 g/mol. The van der Waals surface area contributed by atoms with Gasteiger partial charge >= 0.3 is 0 Å². The van der Waals surface area contributed by atoms with Crippen LogP contribution in [0.2, 0.25) is 10.0 Å². The fourth-order valence-electron chi connectivity index (χ4n) is 2.91. The number of hydrogen-bond acceptors (Lipinski definition) is 2. The van der Waals surface area contributed by atoms with Gasteiger partial charge in [-0.15, -0.1) is 0 Å². The van der Waals surface area contributed by atoms with Gasteiger partial charge in [-0.2, -0.15) is 0 Å². The molecule has 1 aliphatic rings. The fraction of sp³-hybridized carbons (Fsp3) is 0.263. The van der Waals surface area contributed by atoms with E-state index in [1.54, 1.807) is 11.0 Å². The summed E-state index contributed by atoms with van der Waals surface area (Å²) in [6, 6.07) is 11.1. The average Bonchev–Trinajstić information content (AvgIpc) is 2.65. The SMILES string of the molecule is O=C(Cc1ccccc1Cl)N1CCN(C(=O)c2cc(Cl)ccc2F)CC1. The Bertz CT molecular complexity index is 836. The van der Waals surface area contributed by atoms with Gasteiger partial charge in [0.25, 0.3) is 5.91 Å². The first-order valence-corrected chi connectivity index (χ1v) is 8.97. The lowest BCUT2D eigenvalue weighted by molar-refractivity contribution is -0.131. The molecule has 7 heteroatoms. The summed E-state index contributed by atoms with van der Waals surface area (Å²) in [5, 5.41) is 0.870. The highest BCUT2D eigenvalue weighted by atomic mass is 35.5. The van der Waals surface area contributed by atoms with Gasteiger partial charge in [-0.05, 0) is 29.8 Å². The van der Waals surface area contributed by atoms with E-state index in [1.165, 1.54) is 23.1 Å². The van der Waals surface area contributed by atoms with Crippen molar-refractivity contribution in [2.75, 3.05) is 26.2 Å². The molecule has 136 valence electrons. The molecule has 2 aromatic carbocycles. The number of piperazine rings is 1. The van der Waals surface area contributed by atoms with Gasteiger partial charge in [-0.3, -0.25) is 9.59 Å². The molecule has 1 aliphatic heterocycles. The number of carbonyl (C=O) groups excluding carboxylic acids is 2. The van der Waals surface area contributed by atoms with Gasteiger partial charge in [0.15, 0.2) is 0 Å². The second-order valence-corrected chi connectivity index (χ2v) is 6.91. The Morgan fingerprint density at radius 2 is 1.62 bits per heavy atom. The maximum atomic E-state index is 13.9. The molecule has 0 spiro atoms. The number of carbonyl (C=O) groups is 2. The Hall–Kier alpha value is -2.11. The maximum Gasteiger partial charge on any atom is 0.257 e. The van der Waals surface area contributed by atoms with E-state index in [0.29, 0.717) is 36.2 Å². The summed E-state index contributed by atoms with van der Waals surface area (Å²) in [7, 11) is 0. The zero-order chi connectivity index (χ0) is 18.7. The highest BCUT2D eigenvalue weighted by Gasteiger charge is 2.26. The number of halogens is 3. The molecule has 0 saturated carbocycles. The summed E-state index contributed by atoms with van der Waals surface area (Å²) in [6.45, 7) is 1.49. The van der Waals surface area contributed by atoms with E-state index >= 15 is 0 Å². The van der Waals surface area contributed by atoms with Gasteiger partial charge in [0.2, 0.25) is 5.91 Å². The van der Waals surface area contributed by atoms with Crippen LogP contribution in [-0.2, 0) is 11.2 Å². The van der Waals surface area contributed by atoms with Gasteiger partial charge in [0.1, 0.15) is 5.82 Å². The second kappa shape index (κ2) is 8.06. The molecule has 0 bridgehead atoms. The Morgan fingerprint density at radius 3 is 2.31 bits per heavy atom. The standard InChI is InChI=1S/C19H17Cl2FN2O2/c20-14-5-6-17(22)15(12-14)19(26)24-9-7-23(8-10-24)18(25)11-13-3-1-2-4-16(13)21/h1-6,12H,7-11H2. The highest BCUT2D eigenvalue weighted by molar-refractivity contribution is 6.31. The number of hydrogen-bond donors (Lipinski definition) is 0. The van der Waals surface area contributed by atoms with E-state index in [4.69, 9.17) is 23.2 Å². The summed E-state index contributed by atoms with van der Waals surface area (Å²) in [5.74, 6) is -1.06. The lowest BCUT2D eigenvalue weighted by Crippen LogP contribution is -2.51. The van der Waals surface area contributed by atoms with Crippen molar-refractivity contribution in [3.8, 4) is 0 Å². The van der Waals surface area contributed by atoms with Crippen molar-refractivity contribution in [2.45, 2.75) is 6.42 Å².